The lowest BCUT2D eigenvalue weighted by Crippen LogP contribution is -2.58. The topological polar surface area (TPSA) is 78.4 Å². The van der Waals surface area contributed by atoms with Crippen LogP contribution in [0.3, 0.4) is 0 Å². The summed E-state index contributed by atoms with van der Waals surface area (Å²) in [6.45, 7) is 0. The van der Waals surface area contributed by atoms with Gasteiger partial charge in [0, 0.05) is 5.69 Å². The van der Waals surface area contributed by atoms with Crippen LogP contribution in [-0.2, 0) is 4.79 Å². The maximum absolute atomic E-state index is 11.5. The minimum absolute atomic E-state index is 0.406. The lowest BCUT2D eigenvalue weighted by atomic mass is 10.1. The molecular weight excluding hydrogens is 216 g/mol. The van der Waals surface area contributed by atoms with E-state index in [1.165, 1.54) is 0 Å². The van der Waals surface area contributed by atoms with Gasteiger partial charge in [-0.2, -0.15) is 0 Å². The molecule has 1 aliphatic rings. The van der Waals surface area contributed by atoms with Gasteiger partial charge in [0.2, 0.25) is 0 Å². The summed E-state index contributed by atoms with van der Waals surface area (Å²) in [5, 5.41) is 13.8. The lowest BCUT2D eigenvalue weighted by molar-refractivity contribution is -0.139. The first-order valence-corrected chi connectivity index (χ1v) is 4.63. The smallest absolute Gasteiger partial charge is 0.361 e. The number of hydrogen-bond donors (Lipinski definition) is 4. The van der Waals surface area contributed by atoms with Crippen molar-refractivity contribution in [2.24, 2.45) is 0 Å². The molecule has 78 valence electrons. The number of fused-ring (bicyclic) bond motifs is 1. The van der Waals surface area contributed by atoms with Gasteiger partial charge in [0.05, 0.1) is 5.56 Å². The van der Waals surface area contributed by atoms with Gasteiger partial charge in [0.25, 0.3) is 10.9 Å². The molecule has 0 aromatic heterocycles. The second-order valence-corrected chi connectivity index (χ2v) is 3.81. The highest BCUT2D eigenvalue weighted by Gasteiger charge is 2.40. The zero-order valence-corrected chi connectivity index (χ0v) is 8.41. The van der Waals surface area contributed by atoms with E-state index >= 15 is 0 Å². The number of carboxylic acid groups (broad SMARTS) is 1. The van der Waals surface area contributed by atoms with Crippen LogP contribution in [0.15, 0.2) is 24.3 Å². The Labute approximate surface area is 90.9 Å². The van der Waals surface area contributed by atoms with Crippen LogP contribution in [0, 0.1) is 0 Å². The van der Waals surface area contributed by atoms with Crippen LogP contribution in [0.5, 0.6) is 0 Å². The van der Waals surface area contributed by atoms with E-state index in [1.807, 2.05) is 0 Å². The number of hydrogen-bond acceptors (Lipinski definition) is 4. The van der Waals surface area contributed by atoms with Gasteiger partial charge >= 0.3 is 5.97 Å². The minimum atomic E-state index is -1.74. The molecule has 1 heterocycles. The number of aliphatic carboxylic acids is 1. The first-order valence-electron chi connectivity index (χ1n) is 4.18. The van der Waals surface area contributed by atoms with Crippen LogP contribution < -0.4 is 10.6 Å². The molecule has 0 saturated heterocycles. The summed E-state index contributed by atoms with van der Waals surface area (Å²) in [5.74, 6) is -1.71. The van der Waals surface area contributed by atoms with Crippen molar-refractivity contribution >= 4 is 30.2 Å². The van der Waals surface area contributed by atoms with Crippen molar-refractivity contribution in [2.75, 3.05) is 5.32 Å². The van der Waals surface area contributed by atoms with Crippen LogP contribution in [0.2, 0.25) is 0 Å². The molecule has 1 unspecified atom stereocenters. The highest BCUT2D eigenvalue weighted by atomic mass is 32.1. The maximum Gasteiger partial charge on any atom is 0.361 e. The third-order valence-corrected chi connectivity index (χ3v) is 2.51. The third kappa shape index (κ3) is 1.52. The SMILES string of the molecule is O=C1NC(S)(C(=O)O)Nc2ccccc21. The Bertz CT molecular complexity index is 449. The van der Waals surface area contributed by atoms with Gasteiger partial charge in [0.15, 0.2) is 0 Å². The quantitative estimate of drug-likeness (QED) is 0.524. The third-order valence-electron chi connectivity index (χ3n) is 2.09. The number of para-hydroxylation sites is 1. The fourth-order valence-electron chi connectivity index (χ4n) is 1.35. The van der Waals surface area contributed by atoms with Crippen molar-refractivity contribution in [2.45, 2.75) is 4.99 Å². The summed E-state index contributed by atoms with van der Waals surface area (Å²) in [6, 6.07) is 6.64. The highest BCUT2D eigenvalue weighted by molar-refractivity contribution is 7.82. The second-order valence-electron chi connectivity index (χ2n) is 3.14. The Morgan fingerprint density at radius 3 is 2.67 bits per heavy atom. The number of carbonyl (C=O) groups excluding carboxylic acids is 1. The monoisotopic (exact) mass is 224 g/mol. The van der Waals surface area contributed by atoms with E-state index in [4.69, 9.17) is 5.11 Å². The van der Waals surface area contributed by atoms with Crippen LogP contribution in [-0.4, -0.2) is 22.0 Å². The van der Waals surface area contributed by atoms with Crippen molar-refractivity contribution in [1.29, 1.82) is 0 Å². The van der Waals surface area contributed by atoms with Crippen molar-refractivity contribution in [3.05, 3.63) is 29.8 Å². The number of rotatable bonds is 1. The summed E-state index contributed by atoms with van der Waals surface area (Å²) in [5.41, 5.74) is 0.863. The largest absolute Gasteiger partial charge is 0.477 e. The molecule has 1 atom stereocenters. The molecule has 15 heavy (non-hydrogen) atoms. The summed E-state index contributed by atoms with van der Waals surface area (Å²) in [6.07, 6.45) is 0. The summed E-state index contributed by atoms with van der Waals surface area (Å²) < 4.78 is 0. The molecule has 1 amide bonds. The summed E-state index contributed by atoms with van der Waals surface area (Å²) in [4.78, 5) is 20.7. The lowest BCUT2D eigenvalue weighted by Gasteiger charge is -2.32. The number of carboxylic acids is 1. The average Bonchev–Trinajstić information content (AvgIpc) is 2.17. The van der Waals surface area contributed by atoms with E-state index in [0.717, 1.165) is 0 Å². The number of benzene rings is 1. The standard InChI is InChI=1S/C9H8N2O3S/c12-7-5-3-1-2-4-6(5)10-9(15,11-7)8(13)14/h1-4,10,15H,(H,11,12)(H,13,14). The van der Waals surface area contributed by atoms with Crippen molar-refractivity contribution in [3.63, 3.8) is 0 Å². The van der Waals surface area contributed by atoms with Gasteiger partial charge < -0.3 is 15.7 Å². The predicted octanol–water partition coefficient (Wildman–Crippen LogP) is 0.510. The Morgan fingerprint density at radius 2 is 2.00 bits per heavy atom. The van der Waals surface area contributed by atoms with E-state index in [9.17, 15) is 9.59 Å². The minimum Gasteiger partial charge on any atom is -0.477 e. The zero-order valence-electron chi connectivity index (χ0n) is 7.52. The maximum atomic E-state index is 11.5. The van der Waals surface area contributed by atoms with Crippen molar-refractivity contribution < 1.29 is 14.7 Å². The molecule has 1 aromatic carbocycles. The van der Waals surface area contributed by atoms with Crippen molar-refractivity contribution in [1.82, 2.24) is 5.32 Å². The average molecular weight is 224 g/mol. The summed E-state index contributed by atoms with van der Waals surface area (Å²) in [7, 11) is 0. The van der Waals surface area contributed by atoms with Gasteiger partial charge in [-0.05, 0) is 12.1 Å². The molecule has 0 spiro atoms. The fourth-order valence-corrected chi connectivity index (χ4v) is 1.58. The molecule has 0 radical (unpaired) electrons. The van der Waals surface area contributed by atoms with Gasteiger partial charge in [-0.1, -0.05) is 12.1 Å². The van der Waals surface area contributed by atoms with Gasteiger partial charge in [-0.15, -0.1) is 12.6 Å². The van der Waals surface area contributed by atoms with Crippen LogP contribution in [0.25, 0.3) is 0 Å². The molecule has 5 nitrogen and oxygen atoms in total. The van der Waals surface area contributed by atoms with E-state index in [1.54, 1.807) is 24.3 Å². The van der Waals surface area contributed by atoms with Crippen molar-refractivity contribution in [3.8, 4) is 0 Å². The van der Waals surface area contributed by atoms with Crippen LogP contribution in [0.4, 0.5) is 5.69 Å². The van der Waals surface area contributed by atoms with Gasteiger partial charge in [0.1, 0.15) is 0 Å². The molecule has 1 aromatic rings. The van der Waals surface area contributed by atoms with Gasteiger partial charge in [-0.3, -0.25) is 4.79 Å². The molecule has 0 saturated carbocycles. The van der Waals surface area contributed by atoms with E-state index in [-0.39, 0.29) is 0 Å². The number of anilines is 1. The molecule has 6 heteroatoms. The number of amides is 1. The second kappa shape index (κ2) is 3.16. The first-order chi connectivity index (χ1) is 7.03. The Kier molecular flexibility index (Phi) is 2.08. The zero-order chi connectivity index (χ0) is 11.1. The van der Waals surface area contributed by atoms with E-state index in [0.29, 0.717) is 11.3 Å². The molecule has 0 bridgehead atoms. The normalized spacial score (nSPS) is 23.7. The Morgan fingerprint density at radius 1 is 1.33 bits per heavy atom. The van der Waals surface area contributed by atoms with Crippen LogP contribution in [0.1, 0.15) is 10.4 Å². The molecule has 2 rings (SSSR count). The molecule has 3 N–H and O–H groups in total. The molecule has 1 aliphatic heterocycles. The number of thiol groups is 1. The number of nitrogens with one attached hydrogen (secondary N) is 2. The highest BCUT2D eigenvalue weighted by Crippen LogP contribution is 2.26. The van der Waals surface area contributed by atoms with Gasteiger partial charge in [-0.25, -0.2) is 4.79 Å². The molecule has 0 aliphatic carbocycles. The Hall–Kier alpha value is -1.69. The summed E-state index contributed by atoms with van der Waals surface area (Å²) >= 11 is 3.89. The van der Waals surface area contributed by atoms with Crippen LogP contribution >= 0.6 is 12.6 Å². The van der Waals surface area contributed by atoms with E-state index in [2.05, 4.69) is 23.3 Å². The fraction of sp³-hybridized carbons (Fsp3) is 0.111. The van der Waals surface area contributed by atoms with E-state index < -0.39 is 16.9 Å². The molecule has 0 fully saturated rings. The first kappa shape index (κ1) is 9.85. The Balaban J connectivity index is 2.47. The number of carbonyl (C=O) groups is 2. The predicted molar refractivity (Wildman–Crippen MR) is 56.9 cm³/mol. The molecular formula is C9H8N2O3S.